The van der Waals surface area contributed by atoms with E-state index in [2.05, 4.69) is 15.6 Å². The highest BCUT2D eigenvalue weighted by molar-refractivity contribution is 8.01. The summed E-state index contributed by atoms with van der Waals surface area (Å²) in [5, 5.41) is 7.27. The maximum absolute atomic E-state index is 12.9. The third-order valence-corrected chi connectivity index (χ3v) is 6.08. The zero-order valence-corrected chi connectivity index (χ0v) is 18.4. The van der Waals surface area contributed by atoms with Gasteiger partial charge in [0, 0.05) is 17.1 Å². The highest BCUT2D eigenvalue weighted by Crippen LogP contribution is 2.29. The van der Waals surface area contributed by atoms with Crippen LogP contribution >= 0.6 is 23.1 Å². The molecule has 0 atom stereocenters. The predicted molar refractivity (Wildman–Crippen MR) is 120 cm³/mol. The lowest BCUT2D eigenvalue weighted by molar-refractivity contribution is -0.116. The predicted octanol–water partition coefficient (Wildman–Crippen LogP) is 4.21. The monoisotopic (exact) mass is 461 g/mol. The number of carbonyl (C=O) groups excluding carboxylic acids is 2. The number of nitrogens with one attached hydrogen (secondary N) is 2. The van der Waals surface area contributed by atoms with Crippen molar-refractivity contribution in [3.05, 3.63) is 59.4 Å². The second-order valence-electron chi connectivity index (χ2n) is 6.24. The average Bonchev–Trinajstić information content (AvgIpc) is 3.21. The van der Waals surface area contributed by atoms with Crippen molar-refractivity contribution in [2.45, 2.75) is 10.8 Å². The molecule has 162 valence electrons. The van der Waals surface area contributed by atoms with Crippen LogP contribution in [0.3, 0.4) is 0 Å². The van der Waals surface area contributed by atoms with Gasteiger partial charge in [0.05, 0.1) is 37.8 Å². The van der Waals surface area contributed by atoms with Gasteiger partial charge in [0.15, 0.2) is 4.34 Å². The second kappa shape index (κ2) is 10.8. The minimum atomic E-state index is -0.364. The summed E-state index contributed by atoms with van der Waals surface area (Å²) in [5.41, 5.74) is 1.67. The molecule has 2 aromatic carbocycles. The largest absolute Gasteiger partial charge is 0.497 e. The summed E-state index contributed by atoms with van der Waals surface area (Å²) < 4.78 is 24.0. The number of rotatable bonds is 9. The molecule has 0 radical (unpaired) electrons. The first-order valence-electron chi connectivity index (χ1n) is 9.11. The van der Waals surface area contributed by atoms with E-state index in [4.69, 9.17) is 9.47 Å². The number of thiazole rings is 1. The van der Waals surface area contributed by atoms with Gasteiger partial charge in [-0.05, 0) is 36.4 Å². The third kappa shape index (κ3) is 6.69. The van der Waals surface area contributed by atoms with Crippen LogP contribution in [0, 0.1) is 5.82 Å². The molecule has 0 unspecified atom stereocenters. The van der Waals surface area contributed by atoms with Crippen molar-refractivity contribution in [1.29, 1.82) is 0 Å². The highest BCUT2D eigenvalue weighted by Gasteiger charge is 2.13. The van der Waals surface area contributed by atoms with Crippen molar-refractivity contribution in [2.24, 2.45) is 0 Å². The Hall–Kier alpha value is -3.11. The molecule has 2 amide bonds. The summed E-state index contributed by atoms with van der Waals surface area (Å²) in [4.78, 5) is 28.8. The maximum Gasteiger partial charge on any atom is 0.234 e. The Bertz CT molecular complexity index is 1060. The topological polar surface area (TPSA) is 89.5 Å². The molecular weight excluding hydrogens is 441 g/mol. The lowest BCUT2D eigenvalue weighted by atomic mass is 10.2. The van der Waals surface area contributed by atoms with E-state index in [1.165, 1.54) is 54.5 Å². The molecule has 2 N–H and O–H groups in total. The molecule has 0 fully saturated rings. The zero-order valence-electron chi connectivity index (χ0n) is 16.8. The number of benzene rings is 2. The Labute approximate surface area is 187 Å². The number of thioether (sulfide) groups is 1. The Balaban J connectivity index is 1.49. The van der Waals surface area contributed by atoms with E-state index in [9.17, 15) is 14.0 Å². The van der Waals surface area contributed by atoms with Crippen molar-refractivity contribution in [3.8, 4) is 11.5 Å². The third-order valence-electron chi connectivity index (χ3n) is 4.01. The van der Waals surface area contributed by atoms with Gasteiger partial charge in [0.2, 0.25) is 11.8 Å². The quantitative estimate of drug-likeness (QED) is 0.464. The zero-order chi connectivity index (χ0) is 22.2. The molecule has 1 heterocycles. The number of carbonyl (C=O) groups is 2. The molecule has 3 aromatic rings. The van der Waals surface area contributed by atoms with E-state index < -0.39 is 0 Å². The molecule has 0 saturated heterocycles. The minimum Gasteiger partial charge on any atom is -0.497 e. The smallest absolute Gasteiger partial charge is 0.234 e. The van der Waals surface area contributed by atoms with Gasteiger partial charge in [0.1, 0.15) is 17.3 Å². The van der Waals surface area contributed by atoms with Crippen LogP contribution in [0.5, 0.6) is 11.5 Å². The van der Waals surface area contributed by atoms with E-state index in [-0.39, 0.29) is 29.8 Å². The number of aromatic nitrogens is 1. The van der Waals surface area contributed by atoms with Gasteiger partial charge < -0.3 is 20.1 Å². The molecule has 1 aromatic heterocycles. The van der Waals surface area contributed by atoms with Crippen molar-refractivity contribution >= 4 is 46.3 Å². The van der Waals surface area contributed by atoms with Crippen LogP contribution in [-0.2, 0) is 16.0 Å². The SMILES string of the molecule is COc1ccc(NC(=O)Cc2csc(SCC(=O)Nc3ccc(F)cc3)n2)c(OC)c1. The summed E-state index contributed by atoms with van der Waals surface area (Å²) in [7, 11) is 3.07. The second-order valence-corrected chi connectivity index (χ2v) is 8.32. The number of nitrogens with zero attached hydrogens (tertiary/aromatic N) is 1. The van der Waals surface area contributed by atoms with Crippen LogP contribution in [0.15, 0.2) is 52.2 Å². The van der Waals surface area contributed by atoms with Crippen molar-refractivity contribution < 1.29 is 23.5 Å². The van der Waals surface area contributed by atoms with Gasteiger partial charge >= 0.3 is 0 Å². The highest BCUT2D eigenvalue weighted by atomic mass is 32.2. The van der Waals surface area contributed by atoms with Gasteiger partial charge in [-0.1, -0.05) is 11.8 Å². The molecule has 3 rings (SSSR count). The Morgan fingerprint density at radius 1 is 1.06 bits per heavy atom. The van der Waals surface area contributed by atoms with Crippen molar-refractivity contribution in [1.82, 2.24) is 4.98 Å². The lowest BCUT2D eigenvalue weighted by Crippen LogP contribution is -2.15. The van der Waals surface area contributed by atoms with Crippen LogP contribution in [0.4, 0.5) is 15.8 Å². The maximum atomic E-state index is 12.9. The lowest BCUT2D eigenvalue weighted by Gasteiger charge is -2.11. The van der Waals surface area contributed by atoms with E-state index in [1.807, 2.05) is 0 Å². The molecule has 0 aliphatic rings. The van der Waals surface area contributed by atoms with Gasteiger partial charge in [0.25, 0.3) is 0 Å². The van der Waals surface area contributed by atoms with Crippen LogP contribution < -0.4 is 20.1 Å². The fourth-order valence-corrected chi connectivity index (χ4v) is 4.20. The van der Waals surface area contributed by atoms with Gasteiger partial charge in [-0.25, -0.2) is 9.37 Å². The molecule has 0 saturated carbocycles. The summed E-state index contributed by atoms with van der Waals surface area (Å²) >= 11 is 2.63. The number of hydrogen-bond donors (Lipinski definition) is 2. The molecule has 0 aliphatic carbocycles. The summed E-state index contributed by atoms with van der Waals surface area (Å²) in [6.45, 7) is 0. The fourth-order valence-electron chi connectivity index (χ4n) is 2.55. The van der Waals surface area contributed by atoms with Crippen LogP contribution in [-0.4, -0.2) is 36.8 Å². The van der Waals surface area contributed by atoms with Crippen molar-refractivity contribution in [2.75, 3.05) is 30.6 Å². The Morgan fingerprint density at radius 3 is 2.55 bits per heavy atom. The first kappa shape index (κ1) is 22.6. The number of halogens is 1. The summed E-state index contributed by atoms with van der Waals surface area (Å²) in [6, 6.07) is 10.7. The molecule has 7 nitrogen and oxygen atoms in total. The van der Waals surface area contributed by atoms with E-state index in [1.54, 1.807) is 30.7 Å². The van der Waals surface area contributed by atoms with Crippen LogP contribution in [0.1, 0.15) is 5.69 Å². The van der Waals surface area contributed by atoms with Crippen LogP contribution in [0.25, 0.3) is 0 Å². The number of methoxy groups -OCH3 is 2. The molecule has 10 heteroatoms. The molecule has 0 aliphatic heterocycles. The minimum absolute atomic E-state index is 0.0913. The normalized spacial score (nSPS) is 10.4. The first-order valence-corrected chi connectivity index (χ1v) is 11.0. The van der Waals surface area contributed by atoms with E-state index in [0.717, 1.165) is 0 Å². The number of amides is 2. The average molecular weight is 462 g/mol. The Morgan fingerprint density at radius 2 is 1.84 bits per heavy atom. The molecular formula is C21H20FN3O4S2. The fraction of sp³-hybridized carbons (Fsp3) is 0.190. The Kier molecular flexibility index (Phi) is 7.85. The number of anilines is 2. The first-order chi connectivity index (χ1) is 15.0. The molecule has 31 heavy (non-hydrogen) atoms. The number of ether oxygens (including phenoxy) is 2. The van der Waals surface area contributed by atoms with E-state index >= 15 is 0 Å². The van der Waals surface area contributed by atoms with Crippen LogP contribution in [0.2, 0.25) is 0 Å². The molecule has 0 bridgehead atoms. The number of hydrogen-bond acceptors (Lipinski definition) is 7. The summed E-state index contributed by atoms with van der Waals surface area (Å²) in [6.07, 6.45) is 0.0913. The van der Waals surface area contributed by atoms with Crippen molar-refractivity contribution in [3.63, 3.8) is 0 Å². The van der Waals surface area contributed by atoms with Gasteiger partial charge in [-0.3, -0.25) is 9.59 Å². The summed E-state index contributed by atoms with van der Waals surface area (Å²) in [5.74, 6) is 0.447. The standard InChI is InChI=1S/C21H20FN3O4S2/c1-28-16-7-8-17(18(10-16)29-2)25-19(26)9-15-11-30-21(24-15)31-12-20(27)23-14-5-3-13(22)4-6-14/h3-8,10-11H,9,12H2,1-2H3,(H,23,27)(H,25,26). The molecule has 0 spiro atoms. The van der Waals surface area contributed by atoms with Gasteiger partial charge in [-0.2, -0.15) is 0 Å². The van der Waals surface area contributed by atoms with Gasteiger partial charge in [-0.15, -0.1) is 11.3 Å². The van der Waals surface area contributed by atoms with E-state index in [0.29, 0.717) is 32.9 Å².